The molecule has 358 valence electrons. The molecule has 3 aromatic carbocycles. The molecule has 0 aliphatic carbocycles. The summed E-state index contributed by atoms with van der Waals surface area (Å²) in [5, 5.41) is 5.57. The normalized spacial score (nSPS) is 17.7. The van der Waals surface area contributed by atoms with Crippen LogP contribution in [0.4, 0.5) is 5.69 Å². The van der Waals surface area contributed by atoms with Crippen LogP contribution in [0.25, 0.3) is 33.3 Å². The molecular formula is C53H64N8O7. The van der Waals surface area contributed by atoms with Gasteiger partial charge >= 0.3 is 5.97 Å². The third kappa shape index (κ3) is 11.4. The highest BCUT2D eigenvalue weighted by Crippen LogP contribution is 2.41. The first-order valence-electron chi connectivity index (χ1n) is 23.4. The second-order valence-electron chi connectivity index (χ2n) is 18.7. The van der Waals surface area contributed by atoms with Crippen molar-refractivity contribution in [2.24, 2.45) is 21.3 Å². The Kier molecular flexibility index (Phi) is 15.9. The number of rotatable bonds is 13. The first-order chi connectivity index (χ1) is 32.7. The third-order valence-corrected chi connectivity index (χ3v) is 12.7. The number of nitrogens with one attached hydrogen (secondary N) is 2. The average molecular weight is 925 g/mol. The van der Waals surface area contributed by atoms with Gasteiger partial charge in [0, 0.05) is 74.4 Å². The van der Waals surface area contributed by atoms with Gasteiger partial charge in [-0.25, -0.2) is 10.4 Å². The van der Waals surface area contributed by atoms with E-state index in [1.165, 1.54) is 9.91 Å². The molecule has 0 unspecified atom stereocenters. The molecule has 15 heteroatoms. The zero-order valence-electron chi connectivity index (χ0n) is 40.5. The van der Waals surface area contributed by atoms with Crippen molar-refractivity contribution in [1.29, 1.82) is 0 Å². The van der Waals surface area contributed by atoms with Crippen molar-refractivity contribution in [3.63, 3.8) is 0 Å². The monoisotopic (exact) mass is 924 g/mol. The number of nitrogens with zero attached hydrogens (tertiary/aromatic N) is 6. The minimum atomic E-state index is -1.04. The highest BCUT2D eigenvalue weighted by atomic mass is 16.5. The van der Waals surface area contributed by atoms with E-state index in [4.69, 9.17) is 14.2 Å². The van der Waals surface area contributed by atoms with E-state index >= 15 is 0 Å². The molecule has 0 saturated carbocycles. The Bertz CT molecular complexity index is 2690. The van der Waals surface area contributed by atoms with E-state index in [0.29, 0.717) is 50.4 Å². The molecule has 2 aliphatic heterocycles. The Hall–Kier alpha value is -6.67. The van der Waals surface area contributed by atoms with Gasteiger partial charge in [0.1, 0.15) is 23.9 Å². The fraction of sp³-hybridized carbons (Fsp3) is 0.434. The Morgan fingerprint density at radius 3 is 2.57 bits per heavy atom. The highest BCUT2D eigenvalue weighted by molar-refractivity contribution is 5.96. The van der Waals surface area contributed by atoms with Crippen LogP contribution >= 0.6 is 0 Å². The van der Waals surface area contributed by atoms with Gasteiger partial charge in [-0.05, 0) is 102 Å². The molecule has 7 rings (SSSR count). The summed E-state index contributed by atoms with van der Waals surface area (Å²) in [6.07, 6.45) is 5.49. The van der Waals surface area contributed by atoms with Gasteiger partial charge in [0.05, 0.1) is 44.3 Å². The van der Waals surface area contributed by atoms with Crippen molar-refractivity contribution in [2.75, 3.05) is 41.0 Å². The number of carbonyl (C=O) groups is 4. The first kappa shape index (κ1) is 49.2. The second kappa shape index (κ2) is 22.0. The highest BCUT2D eigenvalue weighted by Gasteiger charge is 2.37. The number of hydrazine groups is 1. The van der Waals surface area contributed by atoms with Gasteiger partial charge in [-0.3, -0.25) is 29.2 Å². The lowest BCUT2D eigenvalue weighted by Crippen LogP contribution is -2.62. The van der Waals surface area contributed by atoms with Gasteiger partial charge in [0.15, 0.2) is 0 Å². The zero-order valence-corrected chi connectivity index (χ0v) is 40.5. The lowest BCUT2D eigenvalue weighted by Gasteiger charge is -2.36. The van der Waals surface area contributed by atoms with E-state index in [2.05, 4.69) is 87.4 Å². The number of amides is 3. The number of ether oxygens (including phenoxy) is 3. The van der Waals surface area contributed by atoms with E-state index in [1.54, 1.807) is 51.7 Å². The van der Waals surface area contributed by atoms with Gasteiger partial charge in [0.2, 0.25) is 11.8 Å². The molecule has 5 aromatic rings. The standard InChI is InChI=1S/C53H64N8O7/c1-9-60-46-20-15-37-28-41(46)42(49(60)43-30-54-23-21-38(43)31-66-7)29-53(4,5)32-68-52(65)44-14-11-25-61(58-44)51(64)45(27-35-12-10-13-36(37)26-35)57-50(63)48(34(2)3)59(6)47(62)22-24-55-33-56-39-16-18-40(67-8)19-17-39/h10,12-13,15-21,23,26,28,30,34,44-45,48,58H,9,11,14,22,24-25,27,29,31-32H2,1-8H3,(H,57,63)/t44-,45-,48-/m0/s1. The Labute approximate surface area is 398 Å². The van der Waals surface area contributed by atoms with E-state index in [1.807, 2.05) is 38.2 Å². The Morgan fingerprint density at radius 2 is 1.84 bits per heavy atom. The van der Waals surface area contributed by atoms with Crippen LogP contribution in [-0.2, 0) is 54.6 Å². The quantitative estimate of drug-likeness (QED) is 0.0894. The van der Waals surface area contributed by atoms with E-state index in [0.717, 1.165) is 50.0 Å². The van der Waals surface area contributed by atoms with Gasteiger partial charge < -0.3 is 29.0 Å². The average Bonchev–Trinajstić information content (AvgIpc) is 3.64. The van der Waals surface area contributed by atoms with Crippen molar-refractivity contribution >= 4 is 46.3 Å². The Morgan fingerprint density at radius 1 is 1.06 bits per heavy atom. The van der Waals surface area contributed by atoms with Crippen molar-refractivity contribution in [3.8, 4) is 28.1 Å². The van der Waals surface area contributed by atoms with Crippen LogP contribution in [-0.4, -0.2) is 108 Å². The summed E-state index contributed by atoms with van der Waals surface area (Å²) in [5.74, 6) is -1.20. The largest absolute Gasteiger partial charge is 0.497 e. The third-order valence-electron chi connectivity index (χ3n) is 12.7. The van der Waals surface area contributed by atoms with Crippen molar-refractivity contribution in [1.82, 2.24) is 30.2 Å². The van der Waals surface area contributed by atoms with Gasteiger partial charge in [0.25, 0.3) is 5.91 Å². The number of hydrogen-bond donors (Lipinski definition) is 2. The zero-order chi connectivity index (χ0) is 48.5. The lowest BCUT2D eigenvalue weighted by atomic mass is 9.84. The molecule has 1 fully saturated rings. The maximum atomic E-state index is 14.7. The molecule has 6 bridgehead atoms. The number of aromatic nitrogens is 2. The number of likely N-dealkylation sites (N-methyl/N-ethyl adjacent to an activating group) is 1. The Balaban J connectivity index is 1.21. The molecule has 2 aromatic heterocycles. The number of hydrogen-bond acceptors (Lipinski definition) is 11. The maximum Gasteiger partial charge on any atom is 0.324 e. The minimum Gasteiger partial charge on any atom is -0.497 e. The summed E-state index contributed by atoms with van der Waals surface area (Å²) in [4.78, 5) is 70.9. The van der Waals surface area contributed by atoms with Crippen molar-refractivity contribution in [3.05, 3.63) is 102 Å². The van der Waals surface area contributed by atoms with Gasteiger partial charge in [-0.1, -0.05) is 58.0 Å². The molecule has 15 nitrogen and oxygen atoms in total. The van der Waals surface area contributed by atoms with Crippen LogP contribution in [0.5, 0.6) is 5.75 Å². The fourth-order valence-electron chi connectivity index (χ4n) is 9.32. The molecule has 68 heavy (non-hydrogen) atoms. The molecule has 2 N–H and O–H groups in total. The number of benzene rings is 3. The summed E-state index contributed by atoms with van der Waals surface area (Å²) >= 11 is 0. The van der Waals surface area contributed by atoms with Gasteiger partial charge in [-0.2, -0.15) is 4.99 Å². The van der Waals surface area contributed by atoms with Crippen LogP contribution in [0, 0.1) is 11.3 Å². The maximum absolute atomic E-state index is 14.7. The molecule has 4 heterocycles. The number of cyclic esters (lactones) is 1. The molecule has 1 saturated heterocycles. The number of aryl methyl sites for hydroxylation is 1. The number of esters is 1. The van der Waals surface area contributed by atoms with Crippen LogP contribution in [0.1, 0.15) is 70.6 Å². The van der Waals surface area contributed by atoms with E-state index < -0.39 is 41.3 Å². The summed E-state index contributed by atoms with van der Waals surface area (Å²) in [6, 6.07) is 23.6. The lowest BCUT2D eigenvalue weighted by molar-refractivity contribution is -0.155. The predicted octanol–water partition coefficient (Wildman–Crippen LogP) is 7.57. The van der Waals surface area contributed by atoms with Crippen LogP contribution in [0.2, 0.25) is 0 Å². The number of methoxy groups -OCH3 is 2. The second-order valence-corrected chi connectivity index (χ2v) is 18.7. The smallest absolute Gasteiger partial charge is 0.324 e. The first-order valence-corrected chi connectivity index (χ1v) is 23.4. The number of fused-ring (bicyclic) bond motifs is 6. The van der Waals surface area contributed by atoms with Gasteiger partial charge in [-0.15, -0.1) is 0 Å². The van der Waals surface area contributed by atoms with E-state index in [9.17, 15) is 19.2 Å². The number of carbonyl (C=O) groups excluding carboxylic acids is 4. The summed E-state index contributed by atoms with van der Waals surface area (Å²) in [6.45, 7) is 11.8. The number of pyridine rings is 1. The molecule has 2 aliphatic rings. The molecular weight excluding hydrogens is 861 g/mol. The molecule has 0 radical (unpaired) electrons. The van der Waals surface area contributed by atoms with Crippen molar-refractivity contribution < 1.29 is 33.4 Å². The van der Waals surface area contributed by atoms with Crippen LogP contribution in [0.3, 0.4) is 0 Å². The van der Waals surface area contributed by atoms with E-state index in [-0.39, 0.29) is 37.8 Å². The predicted molar refractivity (Wildman–Crippen MR) is 262 cm³/mol. The topological polar surface area (TPSA) is 169 Å². The fourth-order valence-corrected chi connectivity index (χ4v) is 9.32. The summed E-state index contributed by atoms with van der Waals surface area (Å²) in [5.41, 5.74) is 11.3. The van der Waals surface area contributed by atoms with Crippen LogP contribution < -0.4 is 15.5 Å². The molecule has 3 amide bonds. The molecule has 0 spiro atoms. The SMILES string of the molecule is CCn1c(-c2cnccc2COC)c2c3cc(ccc31)-c1cccc(c1)C[C@H](NC(=O)[C@H](C(C)C)N(C)C(=O)CCN=C=Nc1ccc(OC)cc1)C(=O)N1CCC[C@H](N1)C(=O)OCC(C)(C)C2. The summed E-state index contributed by atoms with van der Waals surface area (Å²) in [7, 11) is 4.87. The van der Waals surface area contributed by atoms with Crippen molar-refractivity contribution in [2.45, 2.75) is 98.0 Å². The number of aliphatic imine (C=N–C) groups is 2. The summed E-state index contributed by atoms with van der Waals surface area (Å²) < 4.78 is 19.3. The van der Waals surface area contributed by atoms with Crippen LogP contribution in [0.15, 0.2) is 95.2 Å². The minimum absolute atomic E-state index is 0.0235. The molecule has 3 atom stereocenters.